The number of thioether (sulfide) groups is 1. The summed E-state index contributed by atoms with van der Waals surface area (Å²) in [6.07, 6.45) is 7.47. The van der Waals surface area contributed by atoms with Gasteiger partial charge in [-0.05, 0) is 25.0 Å². The van der Waals surface area contributed by atoms with Gasteiger partial charge in [0.15, 0.2) is 4.34 Å². The summed E-state index contributed by atoms with van der Waals surface area (Å²) in [5.74, 6) is 0.725. The molecular weight excluding hydrogens is 312 g/mol. The quantitative estimate of drug-likeness (QED) is 0.606. The molecule has 5 heteroatoms. The highest BCUT2D eigenvalue weighted by Crippen LogP contribution is 2.30. The van der Waals surface area contributed by atoms with E-state index in [0.717, 1.165) is 22.7 Å². The Hall–Kier alpha value is -1.07. The number of hydrogen-bond donors (Lipinski definition) is 0. The van der Waals surface area contributed by atoms with E-state index in [1.54, 1.807) is 23.1 Å². The lowest BCUT2D eigenvalue weighted by atomic mass is 10.1. The van der Waals surface area contributed by atoms with Crippen LogP contribution in [0.3, 0.4) is 0 Å². The van der Waals surface area contributed by atoms with Crippen LogP contribution in [0.4, 0.5) is 0 Å². The van der Waals surface area contributed by atoms with Gasteiger partial charge in [-0.3, -0.25) is 4.79 Å². The first-order valence-electron chi connectivity index (χ1n) is 7.98. The highest BCUT2D eigenvalue weighted by molar-refractivity contribution is 8.01. The zero-order chi connectivity index (χ0) is 15.4. The third-order valence-electron chi connectivity index (χ3n) is 4.36. The topological polar surface area (TPSA) is 33.2 Å². The highest BCUT2D eigenvalue weighted by atomic mass is 32.2. The molecule has 0 N–H and O–H groups in total. The minimum absolute atomic E-state index is 0.233. The number of hydrogen-bond acceptors (Lipinski definition) is 4. The zero-order valence-corrected chi connectivity index (χ0v) is 14.6. The maximum absolute atomic E-state index is 12.4. The molecule has 0 radical (unpaired) electrons. The van der Waals surface area contributed by atoms with E-state index in [1.165, 1.54) is 30.4 Å². The molecule has 1 heterocycles. The van der Waals surface area contributed by atoms with Crippen molar-refractivity contribution >= 4 is 39.2 Å². The molecule has 2 aromatic rings. The molecule has 1 saturated carbocycles. The summed E-state index contributed by atoms with van der Waals surface area (Å²) < 4.78 is 2.18. The van der Waals surface area contributed by atoms with E-state index in [4.69, 9.17) is 0 Å². The van der Waals surface area contributed by atoms with Gasteiger partial charge in [0.1, 0.15) is 0 Å². The molecule has 0 unspecified atom stereocenters. The second kappa shape index (κ2) is 7.47. The Morgan fingerprint density at radius 2 is 2.00 bits per heavy atom. The van der Waals surface area contributed by atoms with Crippen LogP contribution < -0.4 is 0 Å². The van der Waals surface area contributed by atoms with Crippen LogP contribution >= 0.6 is 23.1 Å². The van der Waals surface area contributed by atoms with E-state index >= 15 is 0 Å². The third kappa shape index (κ3) is 3.82. The van der Waals surface area contributed by atoms with Gasteiger partial charge in [0.2, 0.25) is 5.91 Å². The van der Waals surface area contributed by atoms with Crippen molar-refractivity contribution in [1.29, 1.82) is 0 Å². The standard InChI is InChI=1S/C17H22N2OS2/c1-19(13-8-4-2-3-5-9-13)16(20)12-21-17-18-14-10-6-7-11-15(14)22-17/h6-7,10-11,13H,2-5,8-9,12H2,1H3. The number of thiazole rings is 1. The molecule has 22 heavy (non-hydrogen) atoms. The summed E-state index contributed by atoms with van der Waals surface area (Å²) in [7, 11) is 1.97. The van der Waals surface area contributed by atoms with Gasteiger partial charge in [-0.2, -0.15) is 0 Å². The van der Waals surface area contributed by atoms with Crippen molar-refractivity contribution < 1.29 is 4.79 Å². The van der Waals surface area contributed by atoms with Crippen LogP contribution in [0.15, 0.2) is 28.6 Å². The fraction of sp³-hybridized carbons (Fsp3) is 0.529. The molecule has 0 bridgehead atoms. The maximum Gasteiger partial charge on any atom is 0.233 e. The lowest BCUT2D eigenvalue weighted by Gasteiger charge is -2.27. The second-order valence-corrected chi connectivity index (χ2v) is 8.14. The molecule has 1 aliphatic carbocycles. The van der Waals surface area contributed by atoms with Crippen LogP contribution in [0.2, 0.25) is 0 Å². The molecule has 1 amide bonds. The van der Waals surface area contributed by atoms with Crippen LogP contribution in [0, 0.1) is 0 Å². The van der Waals surface area contributed by atoms with Crippen LogP contribution in [0.25, 0.3) is 10.2 Å². The summed E-state index contributed by atoms with van der Waals surface area (Å²) >= 11 is 3.24. The van der Waals surface area contributed by atoms with E-state index in [2.05, 4.69) is 11.1 Å². The molecule has 1 fully saturated rings. The Bertz CT molecular complexity index is 599. The molecule has 0 spiro atoms. The van der Waals surface area contributed by atoms with E-state index in [1.807, 2.05) is 30.1 Å². The van der Waals surface area contributed by atoms with Crippen LogP contribution in [0.1, 0.15) is 38.5 Å². The van der Waals surface area contributed by atoms with Crippen LogP contribution in [-0.4, -0.2) is 34.6 Å². The smallest absolute Gasteiger partial charge is 0.233 e. The number of benzene rings is 1. The van der Waals surface area contributed by atoms with Gasteiger partial charge in [0.05, 0.1) is 16.0 Å². The number of rotatable bonds is 4. The summed E-state index contributed by atoms with van der Waals surface area (Å²) in [6, 6.07) is 8.57. The predicted octanol–water partition coefficient (Wildman–Crippen LogP) is 4.57. The van der Waals surface area contributed by atoms with Gasteiger partial charge in [-0.15, -0.1) is 11.3 Å². The second-order valence-electron chi connectivity index (χ2n) is 5.89. The summed E-state index contributed by atoms with van der Waals surface area (Å²) in [5, 5.41) is 0. The minimum atomic E-state index is 0.233. The number of amides is 1. The number of fused-ring (bicyclic) bond motifs is 1. The van der Waals surface area contributed by atoms with Crippen molar-refractivity contribution in [3.8, 4) is 0 Å². The Morgan fingerprint density at radius 3 is 2.73 bits per heavy atom. The molecule has 0 aliphatic heterocycles. The lowest BCUT2D eigenvalue weighted by molar-refractivity contribution is -0.129. The average Bonchev–Trinajstić information content (AvgIpc) is 2.76. The van der Waals surface area contributed by atoms with Gasteiger partial charge < -0.3 is 4.90 Å². The fourth-order valence-electron chi connectivity index (χ4n) is 2.99. The van der Waals surface area contributed by atoms with E-state index in [9.17, 15) is 4.79 Å². The largest absolute Gasteiger partial charge is 0.342 e. The van der Waals surface area contributed by atoms with Crippen molar-refractivity contribution in [2.24, 2.45) is 0 Å². The number of nitrogens with zero attached hydrogens (tertiary/aromatic N) is 2. The van der Waals surface area contributed by atoms with E-state index < -0.39 is 0 Å². The van der Waals surface area contributed by atoms with Gasteiger partial charge in [0.25, 0.3) is 0 Å². The summed E-state index contributed by atoms with van der Waals surface area (Å²) in [6.45, 7) is 0. The molecule has 0 saturated heterocycles. The first-order chi connectivity index (χ1) is 10.7. The average molecular weight is 335 g/mol. The van der Waals surface area contributed by atoms with Crippen molar-refractivity contribution in [3.63, 3.8) is 0 Å². The molecule has 0 atom stereocenters. The number of carbonyl (C=O) groups is 1. The molecule has 1 aliphatic rings. The maximum atomic E-state index is 12.4. The monoisotopic (exact) mass is 334 g/mol. The molecular formula is C17H22N2OS2. The van der Waals surface area contributed by atoms with Crippen LogP contribution in [0.5, 0.6) is 0 Å². The van der Waals surface area contributed by atoms with E-state index in [-0.39, 0.29) is 5.91 Å². The summed E-state index contributed by atoms with van der Waals surface area (Å²) in [4.78, 5) is 19.0. The Balaban J connectivity index is 1.56. The first-order valence-corrected chi connectivity index (χ1v) is 9.78. The molecule has 3 rings (SSSR count). The van der Waals surface area contributed by atoms with Crippen molar-refractivity contribution in [2.45, 2.75) is 48.9 Å². The van der Waals surface area contributed by atoms with Gasteiger partial charge in [-0.1, -0.05) is 49.6 Å². The number of para-hydroxylation sites is 1. The molecule has 3 nitrogen and oxygen atoms in total. The molecule has 118 valence electrons. The predicted molar refractivity (Wildman–Crippen MR) is 94.6 cm³/mol. The summed E-state index contributed by atoms with van der Waals surface area (Å²) in [5.41, 5.74) is 1.03. The van der Waals surface area contributed by atoms with Crippen molar-refractivity contribution in [2.75, 3.05) is 12.8 Å². The van der Waals surface area contributed by atoms with E-state index in [0.29, 0.717) is 11.8 Å². The van der Waals surface area contributed by atoms with Gasteiger partial charge in [-0.25, -0.2) is 4.98 Å². The fourth-order valence-corrected chi connectivity index (χ4v) is 4.98. The normalized spacial score (nSPS) is 16.6. The van der Waals surface area contributed by atoms with Gasteiger partial charge >= 0.3 is 0 Å². The lowest BCUT2D eigenvalue weighted by Crippen LogP contribution is -2.37. The highest BCUT2D eigenvalue weighted by Gasteiger charge is 2.21. The minimum Gasteiger partial charge on any atom is -0.342 e. The molecule has 1 aromatic heterocycles. The zero-order valence-electron chi connectivity index (χ0n) is 13.0. The number of aromatic nitrogens is 1. The Morgan fingerprint density at radius 1 is 1.27 bits per heavy atom. The first kappa shape index (κ1) is 15.8. The third-order valence-corrected chi connectivity index (χ3v) is 6.52. The van der Waals surface area contributed by atoms with Gasteiger partial charge in [0, 0.05) is 13.1 Å². The van der Waals surface area contributed by atoms with Crippen molar-refractivity contribution in [3.05, 3.63) is 24.3 Å². The van der Waals surface area contributed by atoms with Crippen molar-refractivity contribution in [1.82, 2.24) is 9.88 Å². The molecule has 1 aromatic carbocycles. The number of carbonyl (C=O) groups excluding carboxylic acids is 1. The SMILES string of the molecule is CN(C(=O)CSc1nc2ccccc2s1)C1CCCCCC1. The Kier molecular flexibility index (Phi) is 5.37. The Labute approximate surface area is 140 Å². The van der Waals surface area contributed by atoms with Crippen LogP contribution in [-0.2, 0) is 4.79 Å².